The summed E-state index contributed by atoms with van der Waals surface area (Å²) in [6.45, 7) is 8.85. The summed E-state index contributed by atoms with van der Waals surface area (Å²) < 4.78 is 55.1. The molecule has 6 aliphatic rings. The van der Waals surface area contributed by atoms with Gasteiger partial charge in [-0.05, 0) is 91.8 Å². The Morgan fingerprint density at radius 1 is 1.05 bits per heavy atom. The summed E-state index contributed by atoms with van der Waals surface area (Å²) in [7, 11) is 6.01. The van der Waals surface area contributed by atoms with Crippen LogP contribution in [-0.2, 0) is 40.4 Å². The fraction of sp³-hybridized carbons (Fsp3) is 0.604. The first-order valence-corrected chi connectivity index (χ1v) is 23.3. The Kier molecular flexibility index (Phi) is 11.0. The first-order valence-electron chi connectivity index (χ1n) is 22.3. The quantitative estimate of drug-likeness (QED) is 0.106. The number of H-pyrrole nitrogens is 1. The average molecular weight is 891 g/mol. The Balaban J connectivity index is 1.33. The van der Waals surface area contributed by atoms with E-state index in [1.165, 1.54) is 21.1 Å². The number of anilines is 1. The number of aliphatic hydroxyl groups is 1. The van der Waals surface area contributed by atoms with E-state index in [0.717, 1.165) is 39.6 Å². The minimum Gasteiger partial charge on any atom is -0.496 e. The van der Waals surface area contributed by atoms with Gasteiger partial charge in [0.15, 0.2) is 6.10 Å². The normalized spacial score (nSPS) is 34.5. The van der Waals surface area contributed by atoms with E-state index in [1.54, 1.807) is 18.9 Å². The number of alkyl halides is 2. The molecule has 3 aromatic rings. The van der Waals surface area contributed by atoms with Crippen LogP contribution in [0.15, 0.2) is 47.4 Å². The number of benzene rings is 2. The van der Waals surface area contributed by atoms with Gasteiger partial charge in [0.25, 0.3) is 0 Å². The number of rotatable bonds is 9. The molecule has 11 atom stereocenters. The van der Waals surface area contributed by atoms with E-state index in [0.29, 0.717) is 68.1 Å². The van der Waals surface area contributed by atoms with Gasteiger partial charge in [-0.3, -0.25) is 14.5 Å². The number of aromatic nitrogens is 1. The maximum absolute atomic E-state index is 15.7. The highest BCUT2D eigenvalue weighted by Crippen LogP contribution is 2.68. The van der Waals surface area contributed by atoms with Crippen molar-refractivity contribution < 1.29 is 47.2 Å². The summed E-state index contributed by atoms with van der Waals surface area (Å²) in [5.41, 5.74) is 0.490. The van der Waals surface area contributed by atoms with Crippen molar-refractivity contribution >= 4 is 46.3 Å². The summed E-state index contributed by atoms with van der Waals surface area (Å²) in [6.07, 6.45) is 4.42. The Bertz CT molecular complexity index is 2370. The number of thioether (sulfide) groups is 1. The zero-order valence-corrected chi connectivity index (χ0v) is 38.3. The molecule has 2 N–H and O–H groups in total. The molecule has 15 heteroatoms. The monoisotopic (exact) mass is 890 g/mol. The average Bonchev–Trinajstić information content (AvgIpc) is 3.91. The SMILES string of the molecule is CCSc1ccc2[nH]c3c(c2c1)CCN1CC(C(C)(F)F)C[C@@H](C1)[C@H](c1cc2c(cc1OC)N(C)[C@H]1[C@@](O)(C(=O)OC)[C@H](OC(C)=O)[C@]4(CC)C=CCN5CC[C@]21[C@@H]54)[C@H]3C(=O)OC. The molecular formula is C48H60F2N4O8S. The second kappa shape index (κ2) is 15.8. The Hall–Kier alpha value is -4.18. The van der Waals surface area contributed by atoms with Crippen LogP contribution >= 0.6 is 11.8 Å². The number of ether oxygens (including phenoxy) is 4. The molecule has 0 radical (unpaired) electrons. The zero-order chi connectivity index (χ0) is 45.0. The number of esters is 3. The second-order valence-corrected chi connectivity index (χ2v) is 20.2. The molecule has 0 amide bonds. The van der Waals surface area contributed by atoms with Crippen LogP contribution in [-0.4, -0.2) is 134 Å². The first-order chi connectivity index (χ1) is 30.0. The molecule has 1 spiro atoms. The van der Waals surface area contributed by atoms with Crippen LogP contribution in [0.2, 0.25) is 0 Å². The number of nitrogens with zero attached hydrogens (tertiary/aromatic N) is 3. The van der Waals surface area contributed by atoms with Crippen molar-refractivity contribution in [2.75, 3.05) is 71.8 Å². The lowest BCUT2D eigenvalue weighted by Gasteiger charge is -2.63. The van der Waals surface area contributed by atoms with E-state index in [9.17, 15) is 19.5 Å². The highest BCUT2D eigenvalue weighted by Gasteiger charge is 2.80. The number of aromatic amines is 1. The molecule has 2 aromatic carbocycles. The minimum absolute atomic E-state index is 0.158. The number of halogens is 2. The molecule has 2 unspecified atom stereocenters. The third-order valence-corrected chi connectivity index (χ3v) is 16.8. The summed E-state index contributed by atoms with van der Waals surface area (Å²) in [4.78, 5) is 53.4. The molecule has 2 saturated heterocycles. The van der Waals surface area contributed by atoms with Crippen molar-refractivity contribution in [1.82, 2.24) is 14.8 Å². The molecule has 5 aliphatic heterocycles. The Morgan fingerprint density at radius 2 is 1.83 bits per heavy atom. The number of carbonyl (C=O) groups excluding carboxylic acids is 3. The van der Waals surface area contributed by atoms with Gasteiger partial charge in [-0.25, -0.2) is 13.6 Å². The lowest BCUT2D eigenvalue weighted by molar-refractivity contribution is -0.228. The highest BCUT2D eigenvalue weighted by atomic mass is 32.2. The lowest BCUT2D eigenvalue weighted by Crippen LogP contribution is -2.81. The number of likely N-dealkylation sites (N-methyl/N-ethyl adjacent to an activating group) is 1. The standard InChI is InChI=1S/C48H60F2N4O8S/c1-9-46-15-11-17-54-19-16-47(41(46)54)33-22-32(36(59-6)23-35(33)52(5)42(47)48(58,44(57)61-8)43(46)62-26(3)55)37-27-20-28(45(4,49)50)25-53(24-27)18-14-30-31-21-29(63-10-2)12-13-34(31)51-39(30)38(37)40(56)60-7/h11-13,15,21-23,27-28,37-38,41-43,51,58H,9-10,14,16-20,24-25H2,1-8H3/t27-,28?,37+,38+,41-,42+,43+,46+,47+,48-/m0/s1. The van der Waals surface area contributed by atoms with Crippen molar-refractivity contribution in [3.8, 4) is 5.75 Å². The molecular weight excluding hydrogens is 831 g/mol. The fourth-order valence-corrected chi connectivity index (χ4v) is 14.4. The van der Waals surface area contributed by atoms with E-state index in [4.69, 9.17) is 18.9 Å². The van der Waals surface area contributed by atoms with Gasteiger partial charge in [-0.2, -0.15) is 0 Å². The van der Waals surface area contributed by atoms with Crippen molar-refractivity contribution in [2.24, 2.45) is 17.3 Å². The molecule has 63 heavy (non-hydrogen) atoms. The molecule has 3 fully saturated rings. The number of piperidine rings is 1. The van der Waals surface area contributed by atoms with Gasteiger partial charge in [-0.1, -0.05) is 26.0 Å². The van der Waals surface area contributed by atoms with Crippen molar-refractivity contribution in [2.45, 2.75) is 105 Å². The van der Waals surface area contributed by atoms with Crippen LogP contribution in [0.25, 0.3) is 10.9 Å². The summed E-state index contributed by atoms with van der Waals surface area (Å²) in [5.74, 6) is -6.73. The maximum Gasteiger partial charge on any atom is 0.344 e. The van der Waals surface area contributed by atoms with Gasteiger partial charge in [0.2, 0.25) is 11.5 Å². The lowest BCUT2D eigenvalue weighted by atomic mass is 9.47. The van der Waals surface area contributed by atoms with Gasteiger partial charge in [0.05, 0.1) is 27.4 Å². The number of nitrogens with one attached hydrogen (secondary N) is 1. The van der Waals surface area contributed by atoms with E-state index in [1.807, 2.05) is 43.2 Å². The summed E-state index contributed by atoms with van der Waals surface area (Å²) in [6, 6.07) is 8.99. The third-order valence-electron chi connectivity index (χ3n) is 15.9. The molecule has 9 rings (SSSR count). The molecule has 340 valence electrons. The molecule has 1 saturated carbocycles. The number of fused-ring (bicyclic) bond motifs is 6. The van der Waals surface area contributed by atoms with E-state index in [-0.39, 0.29) is 19.0 Å². The molecule has 6 heterocycles. The number of methoxy groups -OCH3 is 3. The van der Waals surface area contributed by atoms with Crippen molar-refractivity contribution in [3.05, 3.63) is 64.9 Å². The van der Waals surface area contributed by atoms with Crippen molar-refractivity contribution in [3.63, 3.8) is 0 Å². The second-order valence-electron chi connectivity index (χ2n) is 18.8. The van der Waals surface area contributed by atoms with Crippen LogP contribution in [0.5, 0.6) is 5.75 Å². The Labute approximate surface area is 372 Å². The van der Waals surface area contributed by atoms with Crippen LogP contribution < -0.4 is 9.64 Å². The number of hydrogen-bond acceptors (Lipinski definition) is 12. The van der Waals surface area contributed by atoms with E-state index < -0.39 is 76.1 Å². The molecule has 2 bridgehead atoms. The van der Waals surface area contributed by atoms with Crippen molar-refractivity contribution in [1.29, 1.82) is 0 Å². The smallest absolute Gasteiger partial charge is 0.344 e. The highest BCUT2D eigenvalue weighted by molar-refractivity contribution is 7.99. The van der Waals surface area contributed by atoms with Gasteiger partial charge in [-0.15, -0.1) is 11.8 Å². The van der Waals surface area contributed by atoms with Gasteiger partial charge in [0.1, 0.15) is 11.7 Å². The fourth-order valence-electron chi connectivity index (χ4n) is 13.7. The third kappa shape index (κ3) is 6.32. The predicted octanol–water partition coefficient (Wildman–Crippen LogP) is 6.42. The maximum atomic E-state index is 15.7. The minimum atomic E-state index is -2.98. The molecule has 12 nitrogen and oxygen atoms in total. The number of hydrogen-bond donors (Lipinski definition) is 2. The zero-order valence-electron chi connectivity index (χ0n) is 37.5. The van der Waals surface area contributed by atoms with E-state index in [2.05, 4.69) is 39.9 Å². The van der Waals surface area contributed by atoms with Gasteiger partial charge >= 0.3 is 17.9 Å². The van der Waals surface area contributed by atoms with Crippen LogP contribution in [0.3, 0.4) is 0 Å². The van der Waals surface area contributed by atoms with Crippen LogP contribution in [0, 0.1) is 17.3 Å². The van der Waals surface area contributed by atoms with E-state index >= 15 is 8.78 Å². The van der Waals surface area contributed by atoms with Gasteiger partial charge in [0, 0.05) is 102 Å². The molecule has 1 aromatic heterocycles. The molecule has 1 aliphatic carbocycles. The Morgan fingerprint density at radius 3 is 2.49 bits per heavy atom. The topological polar surface area (TPSA) is 134 Å². The number of carbonyl (C=O) groups is 3. The summed E-state index contributed by atoms with van der Waals surface area (Å²) >= 11 is 1.73. The van der Waals surface area contributed by atoms with Crippen LogP contribution in [0.1, 0.15) is 81.2 Å². The summed E-state index contributed by atoms with van der Waals surface area (Å²) in [5, 5.41) is 14.3. The van der Waals surface area contributed by atoms with Crippen LogP contribution in [0.4, 0.5) is 14.5 Å². The largest absolute Gasteiger partial charge is 0.496 e. The first kappa shape index (κ1) is 44.0. The predicted molar refractivity (Wildman–Crippen MR) is 236 cm³/mol. The van der Waals surface area contributed by atoms with Gasteiger partial charge < -0.3 is 38.8 Å².